The van der Waals surface area contributed by atoms with Crippen LogP contribution in [0, 0.1) is 0 Å². The largest absolute Gasteiger partial charge is 0.478 e. The van der Waals surface area contributed by atoms with E-state index >= 15 is 0 Å². The number of pyridine rings is 3. The summed E-state index contributed by atoms with van der Waals surface area (Å²) in [4.78, 5) is 23.9. The van der Waals surface area contributed by atoms with E-state index in [4.69, 9.17) is 0 Å². The van der Waals surface area contributed by atoms with Crippen molar-refractivity contribution < 1.29 is 9.90 Å². The number of rotatable bonds is 2. The number of fused-ring (bicyclic) bond motifs is 1. The van der Waals surface area contributed by atoms with Gasteiger partial charge in [-0.2, -0.15) is 0 Å². The van der Waals surface area contributed by atoms with E-state index < -0.39 is 5.97 Å². The van der Waals surface area contributed by atoms with Crippen molar-refractivity contribution in [3.05, 3.63) is 54.5 Å². The van der Waals surface area contributed by atoms with Crippen molar-refractivity contribution in [2.24, 2.45) is 0 Å². The summed E-state index contributed by atoms with van der Waals surface area (Å²) in [5.74, 6) is -1.00. The lowest BCUT2D eigenvalue weighted by molar-refractivity contribution is 0.0699. The zero-order valence-electron chi connectivity index (χ0n) is 9.82. The highest BCUT2D eigenvalue weighted by Gasteiger charge is 2.13. The molecule has 0 fully saturated rings. The summed E-state index contributed by atoms with van der Waals surface area (Å²) in [5, 5.41) is 9.80. The van der Waals surface area contributed by atoms with E-state index in [2.05, 4.69) is 15.0 Å². The number of carboxylic acids is 1. The molecule has 0 aliphatic rings. The van der Waals surface area contributed by atoms with Gasteiger partial charge in [-0.05, 0) is 24.3 Å². The molecule has 3 aromatic heterocycles. The van der Waals surface area contributed by atoms with Gasteiger partial charge in [-0.25, -0.2) is 9.78 Å². The Bertz CT molecular complexity index is 757. The van der Waals surface area contributed by atoms with Gasteiger partial charge in [-0.1, -0.05) is 6.07 Å². The van der Waals surface area contributed by atoms with Crippen molar-refractivity contribution in [2.45, 2.75) is 0 Å². The lowest BCUT2D eigenvalue weighted by Gasteiger charge is -2.05. The van der Waals surface area contributed by atoms with Crippen molar-refractivity contribution in [2.75, 3.05) is 0 Å². The normalized spacial score (nSPS) is 10.5. The molecule has 0 saturated heterocycles. The van der Waals surface area contributed by atoms with Crippen LogP contribution in [0.25, 0.3) is 22.3 Å². The third-order valence-electron chi connectivity index (χ3n) is 2.77. The van der Waals surface area contributed by atoms with E-state index in [1.54, 1.807) is 30.6 Å². The number of aromatic carboxylic acids is 1. The van der Waals surface area contributed by atoms with Crippen LogP contribution in [-0.4, -0.2) is 26.0 Å². The molecule has 0 radical (unpaired) electrons. The average Bonchev–Trinajstić information content (AvgIpc) is 2.47. The number of nitrogens with zero attached hydrogens (tertiary/aromatic N) is 3. The van der Waals surface area contributed by atoms with E-state index in [-0.39, 0.29) is 5.56 Å². The minimum absolute atomic E-state index is 0.179. The Morgan fingerprint density at radius 3 is 2.74 bits per heavy atom. The molecule has 19 heavy (non-hydrogen) atoms. The first kappa shape index (κ1) is 11.3. The van der Waals surface area contributed by atoms with E-state index in [9.17, 15) is 9.90 Å². The molecule has 3 aromatic rings. The first-order valence-corrected chi connectivity index (χ1v) is 5.65. The summed E-state index contributed by atoms with van der Waals surface area (Å²) in [5.41, 5.74) is 1.95. The Kier molecular flexibility index (Phi) is 2.64. The second-order valence-electron chi connectivity index (χ2n) is 3.97. The summed E-state index contributed by atoms with van der Waals surface area (Å²) in [6, 6.07) is 8.64. The van der Waals surface area contributed by atoms with Crippen molar-refractivity contribution in [3.63, 3.8) is 0 Å². The van der Waals surface area contributed by atoms with Crippen LogP contribution < -0.4 is 0 Å². The van der Waals surface area contributed by atoms with Gasteiger partial charge in [0.1, 0.15) is 0 Å². The standard InChI is InChI=1S/C14H9N3O2/c18-14(19)9-7-13(12-3-1-2-5-16-12)17-11-4-6-15-8-10(9)11/h1-8H,(H,18,19). The summed E-state index contributed by atoms with van der Waals surface area (Å²) in [6.45, 7) is 0. The molecule has 92 valence electrons. The molecule has 0 aliphatic heterocycles. The van der Waals surface area contributed by atoms with Crippen LogP contribution in [-0.2, 0) is 0 Å². The minimum Gasteiger partial charge on any atom is -0.478 e. The number of aromatic nitrogens is 3. The predicted molar refractivity (Wildman–Crippen MR) is 69.7 cm³/mol. The molecule has 0 spiro atoms. The quantitative estimate of drug-likeness (QED) is 0.756. The topological polar surface area (TPSA) is 76.0 Å². The van der Waals surface area contributed by atoms with Gasteiger partial charge in [0.25, 0.3) is 0 Å². The molecule has 3 heterocycles. The average molecular weight is 251 g/mol. The Morgan fingerprint density at radius 2 is 2.00 bits per heavy atom. The fourth-order valence-electron chi connectivity index (χ4n) is 1.89. The molecule has 0 aliphatic carbocycles. The number of carbonyl (C=O) groups is 1. The molecule has 1 N–H and O–H groups in total. The van der Waals surface area contributed by atoms with E-state index in [1.165, 1.54) is 12.3 Å². The Balaban J connectivity index is 2.31. The van der Waals surface area contributed by atoms with Crippen LogP contribution in [0.5, 0.6) is 0 Å². The van der Waals surface area contributed by atoms with Gasteiger partial charge in [0.2, 0.25) is 0 Å². The first-order chi connectivity index (χ1) is 9.25. The zero-order chi connectivity index (χ0) is 13.2. The number of hydrogen-bond donors (Lipinski definition) is 1. The second-order valence-corrected chi connectivity index (χ2v) is 3.97. The van der Waals surface area contributed by atoms with Crippen LogP contribution in [0.3, 0.4) is 0 Å². The monoisotopic (exact) mass is 251 g/mol. The van der Waals surface area contributed by atoms with Crippen LogP contribution in [0.4, 0.5) is 0 Å². The molecule has 3 rings (SSSR count). The van der Waals surface area contributed by atoms with Crippen molar-refractivity contribution in [1.82, 2.24) is 15.0 Å². The molecule has 5 heteroatoms. The smallest absolute Gasteiger partial charge is 0.336 e. The Morgan fingerprint density at radius 1 is 1.11 bits per heavy atom. The summed E-state index contributed by atoms with van der Waals surface area (Å²) < 4.78 is 0. The van der Waals surface area contributed by atoms with Crippen LogP contribution >= 0.6 is 0 Å². The maximum atomic E-state index is 11.3. The molecular formula is C14H9N3O2. The van der Waals surface area contributed by atoms with Gasteiger partial charge in [-0.3, -0.25) is 9.97 Å². The Labute approximate surface area is 108 Å². The van der Waals surface area contributed by atoms with Gasteiger partial charge in [0, 0.05) is 24.0 Å². The maximum absolute atomic E-state index is 11.3. The highest BCUT2D eigenvalue weighted by Crippen LogP contribution is 2.22. The third-order valence-corrected chi connectivity index (χ3v) is 2.77. The highest BCUT2D eigenvalue weighted by molar-refractivity contribution is 6.03. The molecule has 0 atom stereocenters. The van der Waals surface area contributed by atoms with E-state index in [0.717, 1.165) is 0 Å². The molecule has 0 bridgehead atoms. The predicted octanol–water partition coefficient (Wildman–Crippen LogP) is 2.39. The molecule has 0 aromatic carbocycles. The van der Waals surface area contributed by atoms with Crippen LogP contribution in [0.15, 0.2) is 48.9 Å². The van der Waals surface area contributed by atoms with Gasteiger partial charge < -0.3 is 5.11 Å². The minimum atomic E-state index is -1.00. The second kappa shape index (κ2) is 4.45. The van der Waals surface area contributed by atoms with Gasteiger partial charge in [0.05, 0.1) is 22.5 Å². The molecule has 0 amide bonds. The molecule has 5 nitrogen and oxygen atoms in total. The van der Waals surface area contributed by atoms with Crippen LogP contribution in [0.2, 0.25) is 0 Å². The molecule has 0 saturated carbocycles. The SMILES string of the molecule is O=C(O)c1cc(-c2ccccn2)nc2ccncc12. The van der Waals surface area contributed by atoms with E-state index in [1.807, 2.05) is 6.07 Å². The lowest BCUT2D eigenvalue weighted by atomic mass is 10.1. The fraction of sp³-hybridized carbons (Fsp3) is 0. The van der Waals surface area contributed by atoms with Crippen molar-refractivity contribution in [1.29, 1.82) is 0 Å². The maximum Gasteiger partial charge on any atom is 0.336 e. The van der Waals surface area contributed by atoms with E-state index in [0.29, 0.717) is 22.3 Å². The molecule has 0 unspecified atom stereocenters. The van der Waals surface area contributed by atoms with Gasteiger partial charge in [0.15, 0.2) is 0 Å². The Hall–Kier alpha value is -2.82. The fourth-order valence-corrected chi connectivity index (χ4v) is 1.89. The van der Waals surface area contributed by atoms with Crippen molar-refractivity contribution >= 4 is 16.9 Å². The highest BCUT2D eigenvalue weighted by atomic mass is 16.4. The van der Waals surface area contributed by atoms with Gasteiger partial charge in [-0.15, -0.1) is 0 Å². The van der Waals surface area contributed by atoms with Crippen molar-refractivity contribution in [3.8, 4) is 11.4 Å². The number of carboxylic acid groups (broad SMARTS) is 1. The van der Waals surface area contributed by atoms with Gasteiger partial charge >= 0.3 is 5.97 Å². The number of hydrogen-bond acceptors (Lipinski definition) is 4. The molecular weight excluding hydrogens is 242 g/mol. The summed E-state index contributed by atoms with van der Waals surface area (Å²) in [7, 11) is 0. The van der Waals surface area contributed by atoms with Crippen LogP contribution in [0.1, 0.15) is 10.4 Å². The first-order valence-electron chi connectivity index (χ1n) is 5.65. The summed E-state index contributed by atoms with van der Waals surface area (Å²) in [6.07, 6.45) is 4.74. The third kappa shape index (κ3) is 2.01. The lowest BCUT2D eigenvalue weighted by Crippen LogP contribution is -2.01. The summed E-state index contributed by atoms with van der Waals surface area (Å²) >= 11 is 0. The zero-order valence-corrected chi connectivity index (χ0v) is 9.82.